The molecule has 1 N–H and O–H groups in total. The van der Waals surface area contributed by atoms with Crippen molar-refractivity contribution >= 4 is 33.8 Å². The molecule has 0 radical (unpaired) electrons. The Balaban J connectivity index is 1.87. The van der Waals surface area contributed by atoms with Crippen LogP contribution in [0.5, 0.6) is 0 Å². The Morgan fingerprint density at radius 2 is 1.85 bits per heavy atom. The number of para-hydroxylation sites is 2. The lowest BCUT2D eigenvalue weighted by Gasteiger charge is -2.15. The van der Waals surface area contributed by atoms with E-state index < -0.39 is 0 Å². The first-order chi connectivity index (χ1) is 12.5. The van der Waals surface area contributed by atoms with Crippen molar-refractivity contribution in [3.63, 3.8) is 0 Å². The number of carbonyl (C=O) groups excluding carboxylic acids is 1. The van der Waals surface area contributed by atoms with E-state index in [-0.39, 0.29) is 5.91 Å². The number of anilines is 3. The van der Waals surface area contributed by atoms with Gasteiger partial charge in [0.25, 0.3) is 5.91 Å². The maximum Gasteiger partial charge on any atom is 0.267 e. The number of aryl methyl sites for hydroxylation is 3. The van der Waals surface area contributed by atoms with Gasteiger partial charge >= 0.3 is 0 Å². The Morgan fingerprint density at radius 1 is 1.12 bits per heavy atom. The minimum atomic E-state index is -0.100. The van der Waals surface area contributed by atoms with Crippen molar-refractivity contribution in [2.24, 2.45) is 0 Å². The van der Waals surface area contributed by atoms with Crippen molar-refractivity contribution in [1.29, 1.82) is 0 Å². The number of rotatable bonds is 5. The minimum Gasteiger partial charge on any atom is -0.321 e. The third kappa shape index (κ3) is 3.63. The summed E-state index contributed by atoms with van der Waals surface area (Å²) >= 11 is 1.41. The zero-order valence-corrected chi connectivity index (χ0v) is 16.4. The first-order valence-electron chi connectivity index (χ1n) is 8.67. The molecule has 134 valence electrons. The summed E-state index contributed by atoms with van der Waals surface area (Å²) in [6, 6.07) is 16.1. The monoisotopic (exact) mass is 365 g/mol. The van der Waals surface area contributed by atoms with Crippen molar-refractivity contribution in [2.75, 3.05) is 17.3 Å². The van der Waals surface area contributed by atoms with Crippen LogP contribution in [0, 0.1) is 13.8 Å². The van der Waals surface area contributed by atoms with Gasteiger partial charge in [0, 0.05) is 18.4 Å². The van der Waals surface area contributed by atoms with E-state index in [1.165, 1.54) is 11.3 Å². The van der Waals surface area contributed by atoms with Crippen LogP contribution < -0.4 is 10.2 Å². The van der Waals surface area contributed by atoms with E-state index in [9.17, 15) is 4.79 Å². The second-order valence-electron chi connectivity index (χ2n) is 6.22. The van der Waals surface area contributed by atoms with E-state index in [0.29, 0.717) is 4.88 Å². The highest BCUT2D eigenvalue weighted by atomic mass is 32.1. The van der Waals surface area contributed by atoms with Gasteiger partial charge in [-0.1, -0.05) is 54.7 Å². The number of benzene rings is 2. The van der Waals surface area contributed by atoms with Crippen LogP contribution in [0.3, 0.4) is 0 Å². The smallest absolute Gasteiger partial charge is 0.267 e. The number of carbonyl (C=O) groups is 1. The van der Waals surface area contributed by atoms with Crippen LogP contribution in [-0.2, 0) is 6.42 Å². The fourth-order valence-electron chi connectivity index (χ4n) is 2.87. The van der Waals surface area contributed by atoms with Crippen LogP contribution in [0.15, 0.2) is 48.5 Å². The molecule has 26 heavy (non-hydrogen) atoms. The van der Waals surface area contributed by atoms with Gasteiger partial charge in [0.2, 0.25) is 0 Å². The van der Waals surface area contributed by atoms with E-state index in [2.05, 4.69) is 23.3 Å². The Hall–Kier alpha value is -2.66. The second kappa shape index (κ2) is 7.70. The van der Waals surface area contributed by atoms with Gasteiger partial charge in [0.05, 0.1) is 5.69 Å². The number of hydrogen-bond acceptors (Lipinski definition) is 4. The molecule has 1 aromatic heterocycles. The highest BCUT2D eigenvalue weighted by molar-refractivity contribution is 7.17. The molecule has 3 aromatic rings. The summed E-state index contributed by atoms with van der Waals surface area (Å²) in [4.78, 5) is 20.1. The van der Waals surface area contributed by atoms with E-state index >= 15 is 0 Å². The topological polar surface area (TPSA) is 45.2 Å². The van der Waals surface area contributed by atoms with Crippen molar-refractivity contribution in [2.45, 2.75) is 27.2 Å². The fourth-order valence-corrected chi connectivity index (χ4v) is 3.82. The molecule has 2 aromatic carbocycles. The van der Waals surface area contributed by atoms with Crippen LogP contribution in [0.2, 0.25) is 0 Å². The lowest BCUT2D eigenvalue weighted by atomic mass is 10.1. The van der Waals surface area contributed by atoms with E-state index in [1.807, 2.05) is 68.3 Å². The molecule has 1 heterocycles. The number of amides is 1. The molecular formula is C21H23N3OS. The van der Waals surface area contributed by atoms with Crippen LogP contribution in [-0.4, -0.2) is 17.9 Å². The van der Waals surface area contributed by atoms with Gasteiger partial charge in [-0.05, 0) is 43.5 Å². The number of hydrogen-bond donors (Lipinski definition) is 1. The molecule has 0 spiro atoms. The van der Waals surface area contributed by atoms with E-state index in [0.717, 1.165) is 39.7 Å². The number of thiazole rings is 1. The average Bonchev–Trinajstić information content (AvgIpc) is 3.05. The quantitative estimate of drug-likeness (QED) is 0.663. The van der Waals surface area contributed by atoms with Crippen LogP contribution in [0.25, 0.3) is 0 Å². The number of aromatic nitrogens is 1. The SMILES string of the molecule is CCc1cccc(C)c1NC(=O)c1sc(N(C)c2ccccc2)nc1C. The molecule has 0 aliphatic rings. The maximum absolute atomic E-state index is 12.9. The molecule has 0 aliphatic carbocycles. The molecule has 4 nitrogen and oxygen atoms in total. The molecule has 0 saturated heterocycles. The average molecular weight is 366 g/mol. The predicted octanol–water partition coefficient (Wildman–Crippen LogP) is 5.34. The third-order valence-electron chi connectivity index (χ3n) is 4.40. The molecule has 0 bridgehead atoms. The molecule has 5 heteroatoms. The largest absolute Gasteiger partial charge is 0.321 e. The molecule has 0 saturated carbocycles. The van der Waals surface area contributed by atoms with E-state index in [1.54, 1.807) is 0 Å². The van der Waals surface area contributed by atoms with Gasteiger partial charge in [0.1, 0.15) is 4.88 Å². The lowest BCUT2D eigenvalue weighted by Crippen LogP contribution is -2.14. The third-order valence-corrected chi connectivity index (χ3v) is 5.63. The van der Waals surface area contributed by atoms with Gasteiger partial charge in [-0.15, -0.1) is 0 Å². The van der Waals surface area contributed by atoms with Gasteiger partial charge < -0.3 is 10.2 Å². The van der Waals surface area contributed by atoms with Crippen molar-refractivity contribution in [3.05, 3.63) is 70.2 Å². The zero-order chi connectivity index (χ0) is 18.7. The molecule has 0 atom stereocenters. The van der Waals surface area contributed by atoms with Crippen LogP contribution in [0.4, 0.5) is 16.5 Å². The van der Waals surface area contributed by atoms with Crippen molar-refractivity contribution in [3.8, 4) is 0 Å². The first kappa shape index (κ1) is 18.1. The molecule has 3 rings (SSSR count). The Kier molecular flexibility index (Phi) is 5.38. The highest BCUT2D eigenvalue weighted by Gasteiger charge is 2.19. The van der Waals surface area contributed by atoms with Gasteiger partial charge in [0.15, 0.2) is 5.13 Å². The number of nitrogens with one attached hydrogen (secondary N) is 1. The Labute approximate surface area is 158 Å². The molecule has 0 fully saturated rings. The predicted molar refractivity (Wildman–Crippen MR) is 110 cm³/mol. The molecule has 0 aliphatic heterocycles. The maximum atomic E-state index is 12.9. The summed E-state index contributed by atoms with van der Waals surface area (Å²) in [7, 11) is 1.96. The number of nitrogens with zero attached hydrogens (tertiary/aromatic N) is 2. The standard InChI is InChI=1S/C21H23N3OS/c1-5-16-11-9-10-14(2)18(16)23-20(25)19-15(3)22-21(26-19)24(4)17-12-7-6-8-13-17/h6-13H,5H2,1-4H3,(H,23,25). The summed E-state index contributed by atoms with van der Waals surface area (Å²) in [5.74, 6) is -0.100. The highest BCUT2D eigenvalue weighted by Crippen LogP contribution is 2.31. The first-order valence-corrected chi connectivity index (χ1v) is 9.49. The van der Waals surface area contributed by atoms with Crippen molar-refractivity contribution < 1.29 is 4.79 Å². The van der Waals surface area contributed by atoms with E-state index in [4.69, 9.17) is 0 Å². The molecule has 1 amide bonds. The summed E-state index contributed by atoms with van der Waals surface area (Å²) in [6.45, 7) is 5.99. The lowest BCUT2D eigenvalue weighted by molar-refractivity contribution is 0.102. The zero-order valence-electron chi connectivity index (χ0n) is 15.5. The normalized spacial score (nSPS) is 10.6. The Morgan fingerprint density at radius 3 is 2.54 bits per heavy atom. The summed E-state index contributed by atoms with van der Waals surface area (Å²) in [5, 5.41) is 3.90. The summed E-state index contributed by atoms with van der Waals surface area (Å²) in [6.07, 6.45) is 0.876. The molecule has 0 unspecified atom stereocenters. The van der Waals surface area contributed by atoms with Crippen LogP contribution in [0.1, 0.15) is 33.4 Å². The second-order valence-corrected chi connectivity index (χ2v) is 7.20. The van der Waals surface area contributed by atoms with Crippen molar-refractivity contribution in [1.82, 2.24) is 4.98 Å². The Bertz CT molecular complexity index is 918. The summed E-state index contributed by atoms with van der Waals surface area (Å²) in [5.41, 5.74) is 4.91. The van der Waals surface area contributed by atoms with Crippen LogP contribution >= 0.6 is 11.3 Å². The van der Waals surface area contributed by atoms with Gasteiger partial charge in [-0.25, -0.2) is 4.98 Å². The summed E-state index contributed by atoms with van der Waals surface area (Å²) < 4.78 is 0. The van der Waals surface area contributed by atoms with Gasteiger partial charge in [-0.2, -0.15) is 0 Å². The minimum absolute atomic E-state index is 0.100. The fraction of sp³-hybridized carbons (Fsp3) is 0.238. The van der Waals surface area contributed by atoms with Gasteiger partial charge in [-0.3, -0.25) is 4.79 Å². The molecular weight excluding hydrogens is 342 g/mol.